The van der Waals surface area contributed by atoms with E-state index in [2.05, 4.69) is 18.8 Å². The van der Waals surface area contributed by atoms with Crippen molar-refractivity contribution in [1.82, 2.24) is 4.98 Å². The smallest absolute Gasteiger partial charge is 0.303 e. The molecular formula is C38H64N2O6. The van der Waals surface area contributed by atoms with E-state index >= 15 is 0 Å². The zero-order valence-corrected chi connectivity index (χ0v) is 29.1. The number of aliphatic carboxylic acids is 2. The number of carbonyl (C=O) groups is 4. The van der Waals surface area contributed by atoms with Gasteiger partial charge in [0, 0.05) is 44.0 Å². The molecule has 0 unspecified atom stereocenters. The predicted octanol–water partition coefficient (Wildman–Crippen LogP) is 9.66. The number of rotatable bonds is 29. The molecule has 1 aromatic rings. The van der Waals surface area contributed by atoms with Crippen LogP contribution >= 0.6 is 0 Å². The zero-order valence-electron chi connectivity index (χ0n) is 29.1. The van der Waals surface area contributed by atoms with Gasteiger partial charge in [0.1, 0.15) is 22.8 Å². The summed E-state index contributed by atoms with van der Waals surface area (Å²) in [7, 11) is 0. The van der Waals surface area contributed by atoms with Crippen LogP contribution in [-0.2, 0) is 19.2 Å². The van der Waals surface area contributed by atoms with Crippen molar-refractivity contribution in [2.45, 2.75) is 180 Å². The Hall–Kier alpha value is -2.64. The Kier molecular flexibility index (Phi) is 18.9. The monoisotopic (exact) mass is 644 g/mol. The lowest BCUT2D eigenvalue weighted by atomic mass is 9.69. The van der Waals surface area contributed by atoms with Crippen molar-refractivity contribution in [2.75, 3.05) is 11.4 Å². The molecule has 1 aliphatic rings. The van der Waals surface area contributed by atoms with Crippen molar-refractivity contribution in [3.8, 4) is 0 Å². The molecule has 3 N–H and O–H groups in total. The largest absolute Gasteiger partial charge is 0.481 e. The number of carboxylic acids is 2. The first-order valence-electron chi connectivity index (χ1n) is 18.6. The third-order valence-corrected chi connectivity index (χ3v) is 10.2. The van der Waals surface area contributed by atoms with Gasteiger partial charge in [-0.05, 0) is 44.2 Å². The van der Waals surface area contributed by atoms with Gasteiger partial charge in [-0.25, -0.2) is 0 Å². The molecule has 0 aromatic carbocycles. The van der Waals surface area contributed by atoms with E-state index < -0.39 is 22.9 Å². The lowest BCUT2D eigenvalue weighted by molar-refractivity contribution is -0.140. The number of nitrogens with zero attached hydrogens (tertiary/aromatic N) is 1. The fraction of sp³-hybridized carbons (Fsp3) is 0.789. The van der Waals surface area contributed by atoms with Crippen molar-refractivity contribution >= 4 is 29.3 Å². The first kappa shape index (κ1) is 39.5. The maximum Gasteiger partial charge on any atom is 0.303 e. The third-order valence-electron chi connectivity index (χ3n) is 10.2. The molecule has 0 radical (unpaired) electrons. The maximum absolute atomic E-state index is 14.3. The lowest BCUT2D eigenvalue weighted by Gasteiger charge is -2.39. The molecule has 0 aliphatic carbocycles. The van der Waals surface area contributed by atoms with Gasteiger partial charge in [0.25, 0.3) is 0 Å². The lowest BCUT2D eigenvalue weighted by Crippen LogP contribution is -2.45. The number of carbonyl (C=O) groups excluding carboxylic acids is 2. The Morgan fingerprint density at radius 1 is 0.652 bits per heavy atom. The standard InChI is InChI=1S/C38H64N2O6/c1-3-5-7-9-11-13-15-17-19-22-32(41)38(33(42)23-20-18-16-14-12-10-8-6-4-2)30-37(27-25-35(43)44,28-26-36(45)46)40(31-38)34-24-21-29-39-34/h21,24,29,39H,3-20,22-23,25-28,30-31H2,1-2H3,(H,43,44)(H,45,46). The fourth-order valence-electron chi connectivity index (χ4n) is 7.43. The molecular weight excluding hydrogens is 580 g/mol. The second-order valence-electron chi connectivity index (χ2n) is 13.9. The van der Waals surface area contributed by atoms with Crippen molar-refractivity contribution in [3.63, 3.8) is 0 Å². The number of hydrogen-bond donors (Lipinski definition) is 3. The molecule has 1 fully saturated rings. The summed E-state index contributed by atoms with van der Waals surface area (Å²) in [5.41, 5.74) is -2.19. The van der Waals surface area contributed by atoms with Crippen LogP contribution in [0.15, 0.2) is 18.3 Å². The number of unbranched alkanes of at least 4 members (excludes halogenated alkanes) is 16. The van der Waals surface area contributed by atoms with Gasteiger partial charge in [-0.15, -0.1) is 0 Å². The molecule has 0 atom stereocenters. The molecule has 0 bridgehead atoms. The van der Waals surface area contributed by atoms with Gasteiger partial charge >= 0.3 is 11.9 Å². The number of hydrogen-bond acceptors (Lipinski definition) is 5. The van der Waals surface area contributed by atoms with Crippen molar-refractivity contribution in [1.29, 1.82) is 0 Å². The van der Waals surface area contributed by atoms with E-state index in [0.29, 0.717) is 18.7 Å². The summed E-state index contributed by atoms with van der Waals surface area (Å²) in [5.74, 6) is -1.35. The highest BCUT2D eigenvalue weighted by Crippen LogP contribution is 2.50. The number of anilines is 1. The molecule has 1 aromatic heterocycles. The van der Waals surface area contributed by atoms with E-state index in [1.165, 1.54) is 64.2 Å². The Bertz CT molecular complexity index is 968. The zero-order chi connectivity index (χ0) is 33.7. The minimum Gasteiger partial charge on any atom is -0.481 e. The highest BCUT2D eigenvalue weighted by molar-refractivity contribution is 6.08. The Labute approximate surface area is 278 Å². The van der Waals surface area contributed by atoms with Crippen LogP contribution in [-0.4, -0.2) is 50.8 Å². The molecule has 2 rings (SSSR count). The number of Topliss-reactive ketones (excluding diaryl/α,β-unsaturated/α-hetero) is 2. The molecule has 8 heteroatoms. The van der Waals surface area contributed by atoms with Crippen LogP contribution in [0.1, 0.15) is 174 Å². The third kappa shape index (κ3) is 13.2. The number of aromatic nitrogens is 1. The maximum atomic E-state index is 14.3. The number of H-pyrrole nitrogens is 1. The number of nitrogens with one attached hydrogen (secondary N) is 1. The summed E-state index contributed by atoms with van der Waals surface area (Å²) in [4.78, 5) is 57.3. The molecule has 0 saturated carbocycles. The van der Waals surface area contributed by atoms with E-state index in [1.54, 1.807) is 6.20 Å². The summed E-state index contributed by atoms with van der Waals surface area (Å²) < 4.78 is 0. The second-order valence-corrected chi connectivity index (χ2v) is 13.9. The van der Waals surface area contributed by atoms with Crippen LogP contribution in [0, 0.1) is 5.41 Å². The van der Waals surface area contributed by atoms with Gasteiger partial charge in [0.05, 0.1) is 0 Å². The number of aromatic amines is 1. The SMILES string of the molecule is CCCCCCCCCCCC(=O)C1(C(=O)CCCCCCCCCCC)CN(c2ccc[nH]2)C(CCC(=O)O)(CCC(=O)O)C1. The van der Waals surface area contributed by atoms with E-state index in [1.807, 2.05) is 17.0 Å². The highest BCUT2D eigenvalue weighted by atomic mass is 16.4. The van der Waals surface area contributed by atoms with Gasteiger partial charge in [-0.2, -0.15) is 0 Å². The Balaban J connectivity index is 2.20. The molecule has 1 aliphatic heterocycles. The topological polar surface area (TPSA) is 128 Å². The molecule has 8 nitrogen and oxygen atoms in total. The number of carboxylic acid groups (broad SMARTS) is 2. The van der Waals surface area contributed by atoms with E-state index in [9.17, 15) is 29.4 Å². The van der Waals surface area contributed by atoms with Crippen LogP contribution in [0.4, 0.5) is 5.82 Å². The molecule has 0 spiro atoms. The van der Waals surface area contributed by atoms with Crippen molar-refractivity contribution < 1.29 is 29.4 Å². The Morgan fingerprint density at radius 3 is 1.43 bits per heavy atom. The first-order chi connectivity index (χ1) is 22.2. The molecule has 1 saturated heterocycles. The minimum absolute atomic E-state index is 0.0551. The first-order valence-corrected chi connectivity index (χ1v) is 18.6. The average Bonchev–Trinajstić information content (AvgIpc) is 3.69. The van der Waals surface area contributed by atoms with Gasteiger partial charge in [-0.3, -0.25) is 19.2 Å². The normalized spacial score (nSPS) is 15.3. The molecule has 46 heavy (non-hydrogen) atoms. The van der Waals surface area contributed by atoms with Crippen LogP contribution in [0.3, 0.4) is 0 Å². The summed E-state index contributed by atoms with van der Waals surface area (Å²) in [6.45, 7) is 4.60. The Morgan fingerprint density at radius 2 is 1.07 bits per heavy atom. The van der Waals surface area contributed by atoms with Crippen LogP contribution in [0.2, 0.25) is 0 Å². The van der Waals surface area contributed by atoms with Crippen LogP contribution < -0.4 is 4.90 Å². The van der Waals surface area contributed by atoms with E-state index in [-0.39, 0.29) is 50.2 Å². The summed E-state index contributed by atoms with van der Waals surface area (Å²) in [6.07, 6.45) is 23.0. The van der Waals surface area contributed by atoms with Crippen molar-refractivity contribution in [2.24, 2.45) is 5.41 Å². The summed E-state index contributed by atoms with van der Waals surface area (Å²) in [6, 6.07) is 3.70. The van der Waals surface area contributed by atoms with E-state index in [4.69, 9.17) is 0 Å². The summed E-state index contributed by atoms with van der Waals surface area (Å²) in [5, 5.41) is 19.3. The minimum atomic E-state index is -1.26. The van der Waals surface area contributed by atoms with E-state index in [0.717, 1.165) is 51.4 Å². The fourth-order valence-corrected chi connectivity index (χ4v) is 7.43. The highest BCUT2D eigenvalue weighted by Gasteiger charge is 2.59. The van der Waals surface area contributed by atoms with Crippen LogP contribution in [0.25, 0.3) is 0 Å². The van der Waals surface area contributed by atoms with Crippen molar-refractivity contribution in [3.05, 3.63) is 18.3 Å². The average molecular weight is 645 g/mol. The number of ketones is 2. The second kappa shape index (κ2) is 22.0. The summed E-state index contributed by atoms with van der Waals surface area (Å²) >= 11 is 0. The predicted molar refractivity (Wildman–Crippen MR) is 185 cm³/mol. The molecule has 0 amide bonds. The van der Waals surface area contributed by atoms with Gasteiger partial charge in [-0.1, -0.05) is 117 Å². The molecule has 2 heterocycles. The quantitative estimate of drug-likeness (QED) is 0.0585. The molecule has 262 valence electrons. The van der Waals surface area contributed by atoms with Gasteiger partial charge in [0.2, 0.25) is 0 Å². The van der Waals surface area contributed by atoms with Gasteiger partial charge < -0.3 is 20.1 Å². The van der Waals surface area contributed by atoms with Crippen LogP contribution in [0.5, 0.6) is 0 Å². The van der Waals surface area contributed by atoms with Gasteiger partial charge in [0.15, 0.2) is 0 Å².